The van der Waals surface area contributed by atoms with Crippen LogP contribution >= 0.6 is 23.8 Å². The Kier molecular flexibility index (Phi) is 7.42. The number of rotatable bonds is 7. The summed E-state index contributed by atoms with van der Waals surface area (Å²) >= 11 is 11.9. The minimum absolute atomic E-state index is 0.0453. The molecule has 0 aliphatic carbocycles. The van der Waals surface area contributed by atoms with Crippen molar-refractivity contribution in [1.29, 1.82) is 0 Å². The zero-order valence-corrected chi connectivity index (χ0v) is 20.2. The summed E-state index contributed by atoms with van der Waals surface area (Å²) in [6.45, 7) is 5.49. The smallest absolute Gasteiger partial charge is 0.209 e. The summed E-state index contributed by atoms with van der Waals surface area (Å²) in [5.74, 6) is -0.160. The molecular weight excluding hydrogens is 456 g/mol. The summed E-state index contributed by atoms with van der Waals surface area (Å²) < 4.78 is 5.60. The molecule has 3 aromatic rings. The molecule has 0 saturated carbocycles. The standard InChI is InChI=1S/C25H27ClN4O2S/c1-15-5-7-17(8-6-15)24(31)22-10-9-21(30-22)16(2)23-20(26)12-18(13-27-23)29-25(33)28-14-19-4-3-11-32-19/h5-10,12-13,16,19,30H,3-4,11,14H2,1-2H3,(H2,28,29,33). The minimum Gasteiger partial charge on any atom is -0.376 e. The predicted molar refractivity (Wildman–Crippen MR) is 135 cm³/mol. The lowest BCUT2D eigenvalue weighted by Crippen LogP contribution is -2.34. The van der Waals surface area contributed by atoms with Gasteiger partial charge in [-0.1, -0.05) is 48.4 Å². The largest absolute Gasteiger partial charge is 0.376 e. The summed E-state index contributed by atoms with van der Waals surface area (Å²) in [7, 11) is 0. The van der Waals surface area contributed by atoms with Gasteiger partial charge in [-0.3, -0.25) is 9.78 Å². The number of carbonyl (C=O) groups excluding carboxylic acids is 1. The number of nitrogens with one attached hydrogen (secondary N) is 3. The maximum atomic E-state index is 12.8. The Balaban J connectivity index is 1.40. The van der Waals surface area contributed by atoms with Crippen LogP contribution in [-0.4, -0.2) is 40.1 Å². The van der Waals surface area contributed by atoms with Crippen LogP contribution in [0.15, 0.2) is 48.7 Å². The normalized spacial score (nSPS) is 16.4. The summed E-state index contributed by atoms with van der Waals surface area (Å²) in [5, 5.41) is 7.32. The van der Waals surface area contributed by atoms with Gasteiger partial charge in [0, 0.05) is 30.3 Å². The van der Waals surface area contributed by atoms with E-state index in [0.717, 1.165) is 36.4 Å². The number of hydrogen-bond acceptors (Lipinski definition) is 4. The number of ether oxygens (including phenoxy) is 1. The zero-order chi connectivity index (χ0) is 23.4. The first kappa shape index (κ1) is 23.4. The van der Waals surface area contributed by atoms with Crippen molar-refractivity contribution < 1.29 is 9.53 Å². The van der Waals surface area contributed by atoms with Crippen LogP contribution in [0.2, 0.25) is 5.02 Å². The highest BCUT2D eigenvalue weighted by Gasteiger charge is 2.19. The number of benzene rings is 1. The lowest BCUT2D eigenvalue weighted by atomic mass is 10.0. The highest BCUT2D eigenvalue weighted by atomic mass is 35.5. The highest BCUT2D eigenvalue weighted by molar-refractivity contribution is 7.80. The van der Waals surface area contributed by atoms with E-state index in [9.17, 15) is 4.79 Å². The Labute approximate surface area is 204 Å². The topological polar surface area (TPSA) is 79.0 Å². The van der Waals surface area contributed by atoms with Gasteiger partial charge in [0.15, 0.2) is 5.11 Å². The van der Waals surface area contributed by atoms with Crippen LogP contribution in [-0.2, 0) is 4.74 Å². The average molecular weight is 483 g/mol. The molecule has 0 radical (unpaired) electrons. The Hall–Kier alpha value is -2.74. The van der Waals surface area contributed by atoms with E-state index in [4.69, 9.17) is 28.6 Å². The summed E-state index contributed by atoms with van der Waals surface area (Å²) in [6.07, 6.45) is 4.05. The lowest BCUT2D eigenvalue weighted by molar-refractivity contribution is 0.103. The van der Waals surface area contributed by atoms with E-state index < -0.39 is 0 Å². The van der Waals surface area contributed by atoms with Crippen molar-refractivity contribution in [2.75, 3.05) is 18.5 Å². The summed E-state index contributed by atoms with van der Waals surface area (Å²) in [5.41, 5.74) is 4.61. The van der Waals surface area contributed by atoms with Gasteiger partial charge in [0.05, 0.1) is 34.4 Å². The molecule has 6 nitrogen and oxygen atoms in total. The van der Waals surface area contributed by atoms with Gasteiger partial charge in [0.25, 0.3) is 0 Å². The van der Waals surface area contributed by atoms with E-state index in [1.165, 1.54) is 0 Å². The van der Waals surface area contributed by atoms with Crippen LogP contribution in [0.5, 0.6) is 0 Å². The average Bonchev–Trinajstić information content (AvgIpc) is 3.50. The number of pyridine rings is 1. The van der Waals surface area contributed by atoms with Gasteiger partial charge in [-0.15, -0.1) is 0 Å². The van der Waals surface area contributed by atoms with Crippen molar-refractivity contribution in [3.63, 3.8) is 0 Å². The molecule has 1 aromatic carbocycles. The Morgan fingerprint density at radius 1 is 1.30 bits per heavy atom. The van der Waals surface area contributed by atoms with Crippen molar-refractivity contribution in [1.82, 2.24) is 15.3 Å². The molecule has 2 aromatic heterocycles. The fraction of sp³-hybridized carbons (Fsp3) is 0.320. The maximum Gasteiger partial charge on any atom is 0.209 e. The van der Waals surface area contributed by atoms with E-state index in [0.29, 0.717) is 33.6 Å². The Morgan fingerprint density at radius 3 is 2.79 bits per heavy atom. The van der Waals surface area contributed by atoms with Gasteiger partial charge in [-0.05, 0) is 50.2 Å². The SMILES string of the molecule is Cc1ccc(C(=O)c2ccc(C(C)c3ncc(NC(=S)NCC4CCCO4)cc3Cl)[nH]2)cc1. The highest BCUT2D eigenvalue weighted by Crippen LogP contribution is 2.30. The lowest BCUT2D eigenvalue weighted by Gasteiger charge is -2.16. The number of aromatic amines is 1. The maximum absolute atomic E-state index is 12.8. The van der Waals surface area contributed by atoms with E-state index in [-0.39, 0.29) is 17.8 Å². The van der Waals surface area contributed by atoms with Gasteiger partial charge < -0.3 is 20.4 Å². The predicted octanol–water partition coefficient (Wildman–Crippen LogP) is 5.22. The first-order valence-corrected chi connectivity index (χ1v) is 11.8. The third-order valence-electron chi connectivity index (χ3n) is 5.79. The van der Waals surface area contributed by atoms with Gasteiger partial charge in [0.2, 0.25) is 5.78 Å². The molecule has 3 heterocycles. The van der Waals surface area contributed by atoms with Gasteiger partial charge in [-0.25, -0.2) is 0 Å². The van der Waals surface area contributed by atoms with Gasteiger partial charge in [-0.2, -0.15) is 0 Å². The van der Waals surface area contributed by atoms with Crippen LogP contribution < -0.4 is 10.6 Å². The molecule has 0 amide bonds. The second kappa shape index (κ2) is 10.5. The second-order valence-electron chi connectivity index (χ2n) is 8.31. The van der Waals surface area contributed by atoms with Crippen molar-refractivity contribution >= 4 is 40.4 Å². The number of carbonyl (C=O) groups is 1. The van der Waals surface area contributed by atoms with Crippen LogP contribution in [0.4, 0.5) is 5.69 Å². The van der Waals surface area contributed by atoms with E-state index in [1.807, 2.05) is 50.2 Å². The number of nitrogens with zero attached hydrogens (tertiary/aromatic N) is 1. The fourth-order valence-corrected chi connectivity index (χ4v) is 4.36. The Bertz CT molecular complexity index is 1140. The van der Waals surface area contributed by atoms with E-state index in [2.05, 4.69) is 20.6 Å². The molecule has 1 aliphatic rings. The number of anilines is 1. The molecule has 172 valence electrons. The molecule has 1 saturated heterocycles. The molecule has 0 bridgehead atoms. The molecule has 1 aliphatic heterocycles. The number of aromatic nitrogens is 2. The number of H-pyrrole nitrogens is 1. The van der Waals surface area contributed by atoms with Crippen LogP contribution in [0.25, 0.3) is 0 Å². The number of aryl methyl sites for hydroxylation is 1. The molecule has 1 fully saturated rings. The van der Waals surface area contributed by atoms with Crippen molar-refractivity contribution in [2.45, 2.75) is 38.7 Å². The van der Waals surface area contributed by atoms with Gasteiger partial charge in [0.1, 0.15) is 0 Å². The molecule has 0 spiro atoms. The van der Waals surface area contributed by atoms with Crippen molar-refractivity contribution in [3.05, 3.63) is 81.9 Å². The van der Waals surface area contributed by atoms with E-state index in [1.54, 1.807) is 12.3 Å². The van der Waals surface area contributed by atoms with Gasteiger partial charge >= 0.3 is 0 Å². The molecule has 3 N–H and O–H groups in total. The first-order chi connectivity index (χ1) is 15.9. The summed E-state index contributed by atoms with van der Waals surface area (Å²) in [4.78, 5) is 20.6. The monoisotopic (exact) mass is 482 g/mol. The number of hydrogen-bond donors (Lipinski definition) is 3. The fourth-order valence-electron chi connectivity index (χ4n) is 3.83. The molecule has 33 heavy (non-hydrogen) atoms. The molecular formula is C25H27ClN4O2S. The number of ketones is 1. The quantitative estimate of drug-likeness (QED) is 0.316. The van der Waals surface area contributed by atoms with Crippen LogP contribution in [0, 0.1) is 6.92 Å². The third-order valence-corrected chi connectivity index (χ3v) is 6.33. The number of thiocarbonyl (C=S) groups is 1. The number of halogens is 1. The summed E-state index contributed by atoms with van der Waals surface area (Å²) in [6, 6.07) is 13.1. The third kappa shape index (κ3) is 5.79. The minimum atomic E-state index is -0.115. The van der Waals surface area contributed by atoms with E-state index >= 15 is 0 Å². The Morgan fingerprint density at radius 2 is 2.09 bits per heavy atom. The molecule has 2 unspecified atom stereocenters. The molecule has 4 rings (SSSR count). The van der Waals surface area contributed by atoms with Crippen LogP contribution in [0.3, 0.4) is 0 Å². The van der Waals surface area contributed by atoms with Crippen molar-refractivity contribution in [2.24, 2.45) is 0 Å². The zero-order valence-electron chi connectivity index (χ0n) is 18.7. The van der Waals surface area contributed by atoms with Crippen molar-refractivity contribution in [3.8, 4) is 0 Å². The molecule has 8 heteroatoms. The molecule has 2 atom stereocenters. The second-order valence-corrected chi connectivity index (χ2v) is 9.12. The first-order valence-electron chi connectivity index (χ1n) is 11.0. The van der Waals surface area contributed by atoms with Crippen LogP contribution in [0.1, 0.15) is 58.7 Å².